The standard InChI is InChI=1S/C32H31F3N4O4S/c1-21-20-42-18-17-39(21)28-19-27(31(2,3)44(41)26-12-8-7-11-25(26)32(33,34)35)37-29(38-28)22-13-15-23(16-14-22)36-30(40)43-24-9-5-4-6-10-24/h4-16,19,21H,17-18,20H2,1-3H3,(H,36,40)/t21-,44?/m0/s1. The predicted octanol–water partition coefficient (Wildman–Crippen LogP) is 7.04. The minimum Gasteiger partial charge on any atom is -0.410 e. The molecular weight excluding hydrogens is 593 g/mol. The van der Waals surface area contributed by atoms with Gasteiger partial charge >= 0.3 is 12.3 Å². The molecule has 8 nitrogen and oxygen atoms in total. The highest BCUT2D eigenvalue weighted by Gasteiger charge is 2.40. The molecule has 5 rings (SSSR count). The van der Waals surface area contributed by atoms with Crippen molar-refractivity contribution in [3.8, 4) is 17.1 Å². The van der Waals surface area contributed by atoms with Crippen molar-refractivity contribution in [2.45, 2.75) is 42.6 Å². The lowest BCUT2D eigenvalue weighted by Gasteiger charge is -2.35. The Labute approximate surface area is 255 Å². The van der Waals surface area contributed by atoms with Crippen LogP contribution in [0.2, 0.25) is 0 Å². The van der Waals surface area contributed by atoms with E-state index in [1.165, 1.54) is 18.2 Å². The van der Waals surface area contributed by atoms with E-state index in [2.05, 4.69) is 5.32 Å². The molecule has 2 heterocycles. The Morgan fingerprint density at radius 2 is 1.68 bits per heavy atom. The summed E-state index contributed by atoms with van der Waals surface area (Å²) in [5.41, 5.74) is 0.433. The van der Waals surface area contributed by atoms with Gasteiger partial charge in [-0.25, -0.2) is 14.8 Å². The molecule has 1 unspecified atom stereocenters. The van der Waals surface area contributed by atoms with Crippen LogP contribution in [0.25, 0.3) is 11.4 Å². The first-order chi connectivity index (χ1) is 20.9. The fourth-order valence-corrected chi connectivity index (χ4v) is 6.19. The van der Waals surface area contributed by atoms with Gasteiger partial charge in [0, 0.05) is 23.9 Å². The van der Waals surface area contributed by atoms with E-state index in [1.54, 1.807) is 68.4 Å². The quantitative estimate of drug-likeness (QED) is 0.236. The Morgan fingerprint density at radius 1 is 1.00 bits per heavy atom. The molecule has 1 aliphatic heterocycles. The van der Waals surface area contributed by atoms with Gasteiger partial charge in [-0.2, -0.15) is 13.2 Å². The zero-order chi connectivity index (χ0) is 31.5. The first-order valence-corrected chi connectivity index (χ1v) is 15.0. The summed E-state index contributed by atoms with van der Waals surface area (Å²) < 4.78 is 64.9. The molecule has 230 valence electrons. The molecule has 2 atom stereocenters. The SMILES string of the molecule is C[C@H]1COCCN1c1cc(C(C)(C)S(=O)c2ccccc2C(F)(F)F)nc(-c2ccc(NC(=O)Oc3ccccc3)cc2)n1. The first kappa shape index (κ1) is 31.1. The number of para-hydroxylation sites is 1. The van der Waals surface area contributed by atoms with Crippen molar-refractivity contribution in [3.63, 3.8) is 0 Å². The van der Waals surface area contributed by atoms with Crippen LogP contribution in [0.15, 0.2) is 89.8 Å². The van der Waals surface area contributed by atoms with Crippen molar-refractivity contribution in [1.82, 2.24) is 9.97 Å². The number of amides is 1. The van der Waals surface area contributed by atoms with Gasteiger partial charge in [-0.3, -0.25) is 9.53 Å². The highest BCUT2D eigenvalue weighted by molar-refractivity contribution is 7.86. The van der Waals surface area contributed by atoms with Gasteiger partial charge in [-0.15, -0.1) is 0 Å². The summed E-state index contributed by atoms with van der Waals surface area (Å²) in [5, 5.41) is 2.67. The second-order valence-electron chi connectivity index (χ2n) is 10.7. The number of rotatable bonds is 7. The number of nitrogens with zero attached hydrogens (tertiary/aromatic N) is 3. The minimum absolute atomic E-state index is 0.0267. The van der Waals surface area contributed by atoms with Crippen LogP contribution < -0.4 is 15.0 Å². The molecule has 0 spiro atoms. The number of benzene rings is 3. The Balaban J connectivity index is 1.49. The molecule has 3 aromatic carbocycles. The largest absolute Gasteiger partial charge is 0.417 e. The van der Waals surface area contributed by atoms with Crippen molar-refractivity contribution in [1.29, 1.82) is 0 Å². The number of hydrogen-bond donors (Lipinski definition) is 1. The summed E-state index contributed by atoms with van der Waals surface area (Å²) in [6, 6.07) is 21.9. The highest BCUT2D eigenvalue weighted by atomic mass is 32.2. The number of nitrogens with one attached hydrogen (secondary N) is 1. The van der Waals surface area contributed by atoms with Crippen molar-refractivity contribution >= 4 is 28.4 Å². The van der Waals surface area contributed by atoms with Crippen LogP contribution in [0, 0.1) is 0 Å². The van der Waals surface area contributed by atoms with Gasteiger partial charge in [0.1, 0.15) is 11.6 Å². The van der Waals surface area contributed by atoms with E-state index in [0.717, 1.165) is 6.07 Å². The summed E-state index contributed by atoms with van der Waals surface area (Å²) in [4.78, 5) is 23.6. The number of alkyl halides is 3. The number of ether oxygens (including phenoxy) is 2. The topological polar surface area (TPSA) is 93.7 Å². The molecule has 0 saturated carbocycles. The zero-order valence-corrected chi connectivity index (χ0v) is 25.1. The number of carbonyl (C=O) groups is 1. The summed E-state index contributed by atoms with van der Waals surface area (Å²) in [6.07, 6.45) is -5.33. The first-order valence-electron chi connectivity index (χ1n) is 13.9. The number of carbonyl (C=O) groups excluding carboxylic acids is 1. The molecule has 0 aliphatic carbocycles. The highest BCUT2D eigenvalue weighted by Crippen LogP contribution is 2.39. The number of anilines is 2. The van der Waals surface area contributed by atoms with Gasteiger partial charge in [-0.1, -0.05) is 30.3 Å². The second-order valence-corrected chi connectivity index (χ2v) is 12.7. The third-order valence-corrected chi connectivity index (χ3v) is 9.08. The van der Waals surface area contributed by atoms with E-state index in [0.29, 0.717) is 54.1 Å². The number of morpholine rings is 1. The Bertz CT molecular complexity index is 1650. The van der Waals surface area contributed by atoms with Crippen LogP contribution in [0.3, 0.4) is 0 Å². The van der Waals surface area contributed by atoms with Crippen LogP contribution in [0.5, 0.6) is 5.75 Å². The summed E-state index contributed by atoms with van der Waals surface area (Å²) >= 11 is 0. The minimum atomic E-state index is -4.67. The molecule has 1 aliphatic rings. The van der Waals surface area contributed by atoms with Crippen LogP contribution >= 0.6 is 0 Å². The van der Waals surface area contributed by atoms with Crippen molar-refractivity contribution in [2.75, 3.05) is 30.0 Å². The zero-order valence-electron chi connectivity index (χ0n) is 24.3. The Kier molecular flexibility index (Phi) is 9.02. The van der Waals surface area contributed by atoms with E-state index in [-0.39, 0.29) is 10.9 Å². The third kappa shape index (κ3) is 6.92. The van der Waals surface area contributed by atoms with Gasteiger partial charge in [0.25, 0.3) is 0 Å². The molecule has 0 bridgehead atoms. The maximum absolute atomic E-state index is 13.9. The lowest BCUT2D eigenvalue weighted by molar-refractivity contribution is -0.139. The molecule has 1 saturated heterocycles. The van der Waals surface area contributed by atoms with Gasteiger partial charge in [0.2, 0.25) is 0 Å². The molecule has 0 radical (unpaired) electrons. The van der Waals surface area contributed by atoms with Crippen LogP contribution in [0.4, 0.5) is 29.5 Å². The second kappa shape index (κ2) is 12.7. The van der Waals surface area contributed by atoms with E-state index in [4.69, 9.17) is 19.4 Å². The van der Waals surface area contributed by atoms with Gasteiger partial charge in [0.05, 0.1) is 51.0 Å². The maximum Gasteiger partial charge on any atom is 0.417 e. The van der Waals surface area contributed by atoms with Crippen LogP contribution in [-0.4, -0.2) is 46.1 Å². The number of halogens is 3. The lowest BCUT2D eigenvalue weighted by atomic mass is 10.1. The third-order valence-electron chi connectivity index (χ3n) is 7.19. The summed E-state index contributed by atoms with van der Waals surface area (Å²) in [6.45, 7) is 6.71. The average Bonchev–Trinajstić information content (AvgIpc) is 3.01. The van der Waals surface area contributed by atoms with Gasteiger partial charge in [-0.05, 0) is 69.3 Å². The fourth-order valence-electron chi connectivity index (χ4n) is 4.76. The molecule has 1 fully saturated rings. The normalized spacial score (nSPS) is 16.3. The van der Waals surface area contributed by atoms with E-state index < -0.39 is 33.4 Å². The number of hydrogen-bond acceptors (Lipinski definition) is 7. The van der Waals surface area contributed by atoms with Crippen molar-refractivity contribution in [2.24, 2.45) is 0 Å². The molecule has 4 aromatic rings. The molecule has 1 aromatic heterocycles. The molecule has 44 heavy (non-hydrogen) atoms. The predicted molar refractivity (Wildman–Crippen MR) is 162 cm³/mol. The Hall–Kier alpha value is -4.29. The molecule has 12 heteroatoms. The van der Waals surface area contributed by atoms with E-state index in [9.17, 15) is 22.2 Å². The van der Waals surface area contributed by atoms with Crippen molar-refractivity contribution < 1.29 is 31.6 Å². The molecular formula is C32H31F3N4O4S. The maximum atomic E-state index is 13.9. The summed E-state index contributed by atoms with van der Waals surface area (Å²) in [7, 11) is -2.13. The smallest absolute Gasteiger partial charge is 0.410 e. The fraction of sp³-hybridized carbons (Fsp3) is 0.281. The van der Waals surface area contributed by atoms with Gasteiger partial charge in [0.15, 0.2) is 5.82 Å². The molecule has 1 N–H and O–H groups in total. The van der Waals surface area contributed by atoms with Crippen LogP contribution in [0.1, 0.15) is 32.0 Å². The van der Waals surface area contributed by atoms with Crippen molar-refractivity contribution in [3.05, 3.63) is 96.2 Å². The molecule has 1 amide bonds. The van der Waals surface area contributed by atoms with E-state index in [1.807, 2.05) is 17.9 Å². The van der Waals surface area contributed by atoms with E-state index >= 15 is 0 Å². The summed E-state index contributed by atoms with van der Waals surface area (Å²) in [5.74, 6) is 1.24. The lowest BCUT2D eigenvalue weighted by Crippen LogP contribution is -2.44. The van der Waals surface area contributed by atoms with Crippen LogP contribution in [-0.2, 0) is 26.5 Å². The Morgan fingerprint density at radius 3 is 2.36 bits per heavy atom. The number of aromatic nitrogens is 2. The monoisotopic (exact) mass is 624 g/mol. The average molecular weight is 625 g/mol. The van der Waals surface area contributed by atoms with Gasteiger partial charge < -0.3 is 14.4 Å².